The predicted molar refractivity (Wildman–Crippen MR) is 83.4 cm³/mol. The number of hydrogen-bond acceptors (Lipinski definition) is 4. The van der Waals surface area contributed by atoms with Crippen LogP contribution in [0.25, 0.3) is 0 Å². The molecule has 6 heteroatoms. The lowest BCUT2D eigenvalue weighted by molar-refractivity contribution is 0.841. The first kappa shape index (κ1) is 14.1. The van der Waals surface area contributed by atoms with Crippen LogP contribution in [0.1, 0.15) is 17.1 Å². The highest BCUT2D eigenvalue weighted by Crippen LogP contribution is 1.94. The summed E-state index contributed by atoms with van der Waals surface area (Å²) < 4.78 is 0. The maximum absolute atomic E-state index is 5.11. The predicted octanol–water partition coefficient (Wildman–Crippen LogP) is 1.78. The van der Waals surface area contributed by atoms with Gasteiger partial charge in [-0.2, -0.15) is 5.10 Å². The fourth-order valence-electron chi connectivity index (χ4n) is 1.51. The molecule has 0 fully saturated rings. The monoisotopic (exact) mass is 285 g/mol. The number of pyridine rings is 2. The molecule has 0 radical (unpaired) electrons. The summed E-state index contributed by atoms with van der Waals surface area (Å²) in [6.07, 6.45) is 3.37. The van der Waals surface area contributed by atoms with Crippen LogP contribution in [0.5, 0.6) is 0 Å². The standard InChI is InChI=1S/C14H15N5S/c1-11-5-4-7-13(18-11)10-17-19-14(20)16-9-12-6-2-3-8-15-12/h2-8,10H,9H2,1H3,(H2,16,19,20). The van der Waals surface area contributed by atoms with Crippen molar-refractivity contribution in [3.8, 4) is 0 Å². The molecule has 0 aliphatic rings. The molecule has 102 valence electrons. The third kappa shape index (κ3) is 4.74. The van der Waals surface area contributed by atoms with Crippen molar-refractivity contribution in [3.63, 3.8) is 0 Å². The number of hydrazone groups is 1. The van der Waals surface area contributed by atoms with Crippen LogP contribution in [-0.4, -0.2) is 21.3 Å². The average molecular weight is 285 g/mol. The van der Waals surface area contributed by atoms with Gasteiger partial charge in [-0.1, -0.05) is 12.1 Å². The maximum atomic E-state index is 5.11. The lowest BCUT2D eigenvalue weighted by Crippen LogP contribution is -2.31. The van der Waals surface area contributed by atoms with Crippen molar-refractivity contribution in [2.24, 2.45) is 5.10 Å². The van der Waals surface area contributed by atoms with Crippen molar-refractivity contribution >= 4 is 23.5 Å². The molecule has 0 amide bonds. The molecular formula is C14H15N5S. The van der Waals surface area contributed by atoms with E-state index in [4.69, 9.17) is 12.2 Å². The van der Waals surface area contributed by atoms with Crippen LogP contribution < -0.4 is 10.7 Å². The van der Waals surface area contributed by atoms with Crippen molar-refractivity contribution in [2.75, 3.05) is 0 Å². The second kappa shape index (κ2) is 7.30. The Kier molecular flexibility index (Phi) is 5.14. The fraction of sp³-hybridized carbons (Fsp3) is 0.143. The van der Waals surface area contributed by atoms with Crippen LogP contribution in [0.4, 0.5) is 0 Å². The number of thiocarbonyl (C=S) groups is 1. The van der Waals surface area contributed by atoms with Crippen molar-refractivity contribution in [1.82, 2.24) is 20.7 Å². The molecule has 5 nitrogen and oxygen atoms in total. The van der Waals surface area contributed by atoms with Crippen molar-refractivity contribution in [3.05, 3.63) is 59.7 Å². The number of nitrogens with one attached hydrogen (secondary N) is 2. The molecule has 0 atom stereocenters. The summed E-state index contributed by atoms with van der Waals surface area (Å²) in [4.78, 5) is 8.49. The van der Waals surface area contributed by atoms with Crippen molar-refractivity contribution in [1.29, 1.82) is 0 Å². The van der Waals surface area contributed by atoms with E-state index < -0.39 is 0 Å². The highest BCUT2D eigenvalue weighted by Gasteiger charge is 1.95. The topological polar surface area (TPSA) is 62.2 Å². The molecule has 0 unspecified atom stereocenters. The van der Waals surface area contributed by atoms with E-state index in [2.05, 4.69) is 25.8 Å². The third-order valence-corrected chi connectivity index (χ3v) is 2.66. The van der Waals surface area contributed by atoms with E-state index in [-0.39, 0.29) is 0 Å². The SMILES string of the molecule is Cc1cccc(C=NNC(=S)NCc2ccccn2)n1. The molecule has 2 aromatic rings. The highest BCUT2D eigenvalue weighted by atomic mass is 32.1. The van der Waals surface area contributed by atoms with Gasteiger partial charge in [0, 0.05) is 11.9 Å². The van der Waals surface area contributed by atoms with E-state index >= 15 is 0 Å². The Hall–Kier alpha value is -2.34. The maximum Gasteiger partial charge on any atom is 0.187 e. The lowest BCUT2D eigenvalue weighted by atomic mass is 10.3. The van der Waals surface area contributed by atoms with Crippen molar-refractivity contribution in [2.45, 2.75) is 13.5 Å². The number of aryl methyl sites for hydroxylation is 1. The zero-order chi connectivity index (χ0) is 14.2. The fourth-order valence-corrected chi connectivity index (χ4v) is 1.63. The largest absolute Gasteiger partial charge is 0.356 e. The van der Waals surface area contributed by atoms with E-state index in [0.29, 0.717) is 11.7 Å². The first-order valence-corrected chi connectivity index (χ1v) is 6.55. The Balaban J connectivity index is 1.78. The molecule has 2 rings (SSSR count). The smallest absolute Gasteiger partial charge is 0.187 e. The molecular weight excluding hydrogens is 270 g/mol. The second-order valence-electron chi connectivity index (χ2n) is 4.08. The van der Waals surface area contributed by atoms with Crippen molar-refractivity contribution < 1.29 is 0 Å². The Morgan fingerprint density at radius 2 is 2.20 bits per heavy atom. The van der Waals surface area contributed by atoms with Gasteiger partial charge in [-0.15, -0.1) is 0 Å². The summed E-state index contributed by atoms with van der Waals surface area (Å²) in [5.74, 6) is 0. The first-order valence-electron chi connectivity index (χ1n) is 6.14. The molecule has 0 aromatic carbocycles. The minimum atomic E-state index is 0.444. The minimum absolute atomic E-state index is 0.444. The number of nitrogens with zero attached hydrogens (tertiary/aromatic N) is 3. The molecule has 0 saturated heterocycles. The minimum Gasteiger partial charge on any atom is -0.356 e. The molecule has 0 saturated carbocycles. The zero-order valence-electron chi connectivity index (χ0n) is 11.1. The molecule has 0 spiro atoms. The van der Waals surface area contributed by atoms with Gasteiger partial charge in [0.2, 0.25) is 0 Å². The molecule has 0 bridgehead atoms. The van der Waals surface area contributed by atoms with E-state index in [1.807, 2.05) is 43.3 Å². The Morgan fingerprint density at radius 1 is 1.30 bits per heavy atom. The van der Waals surface area contributed by atoms with Gasteiger partial charge in [0.15, 0.2) is 5.11 Å². The Bertz CT molecular complexity index is 598. The summed E-state index contributed by atoms with van der Waals surface area (Å²) >= 11 is 5.11. The van der Waals surface area contributed by atoms with Crippen LogP contribution >= 0.6 is 12.2 Å². The van der Waals surface area contributed by atoms with E-state index in [1.165, 1.54) is 0 Å². The lowest BCUT2D eigenvalue weighted by Gasteiger charge is -2.05. The summed E-state index contributed by atoms with van der Waals surface area (Å²) in [6.45, 7) is 2.49. The third-order valence-electron chi connectivity index (χ3n) is 2.43. The van der Waals surface area contributed by atoms with Crippen LogP contribution in [0, 0.1) is 6.92 Å². The summed E-state index contributed by atoms with van der Waals surface area (Å²) in [7, 11) is 0. The van der Waals surface area contributed by atoms with Gasteiger partial charge in [0.25, 0.3) is 0 Å². The van der Waals surface area contributed by atoms with Crippen LogP contribution in [-0.2, 0) is 6.54 Å². The average Bonchev–Trinajstić information content (AvgIpc) is 2.46. The van der Waals surface area contributed by atoms with Gasteiger partial charge in [0.05, 0.1) is 24.1 Å². The van der Waals surface area contributed by atoms with Crippen LogP contribution in [0.2, 0.25) is 0 Å². The highest BCUT2D eigenvalue weighted by molar-refractivity contribution is 7.80. The number of rotatable bonds is 4. The van der Waals surface area contributed by atoms with Gasteiger partial charge < -0.3 is 5.32 Å². The van der Waals surface area contributed by atoms with Crippen LogP contribution in [0.3, 0.4) is 0 Å². The molecule has 2 aromatic heterocycles. The van der Waals surface area contributed by atoms with Gasteiger partial charge >= 0.3 is 0 Å². The van der Waals surface area contributed by atoms with Gasteiger partial charge in [-0.3, -0.25) is 15.4 Å². The molecule has 2 N–H and O–H groups in total. The first-order chi connectivity index (χ1) is 9.74. The normalized spacial score (nSPS) is 10.4. The summed E-state index contributed by atoms with van der Waals surface area (Å²) in [5.41, 5.74) is 5.39. The Labute approximate surface area is 123 Å². The molecule has 20 heavy (non-hydrogen) atoms. The quantitative estimate of drug-likeness (QED) is 0.509. The second-order valence-corrected chi connectivity index (χ2v) is 4.49. The number of aromatic nitrogens is 2. The number of hydrogen-bond donors (Lipinski definition) is 2. The molecule has 0 aliphatic heterocycles. The van der Waals surface area contributed by atoms with E-state index in [1.54, 1.807) is 12.4 Å². The van der Waals surface area contributed by atoms with Gasteiger partial charge in [-0.25, -0.2) is 0 Å². The van der Waals surface area contributed by atoms with Gasteiger partial charge in [0.1, 0.15) is 0 Å². The van der Waals surface area contributed by atoms with Crippen LogP contribution in [0.15, 0.2) is 47.7 Å². The molecule has 2 heterocycles. The zero-order valence-corrected chi connectivity index (χ0v) is 11.9. The van der Waals surface area contributed by atoms with Gasteiger partial charge in [-0.05, 0) is 43.4 Å². The van der Waals surface area contributed by atoms with E-state index in [0.717, 1.165) is 17.1 Å². The van der Waals surface area contributed by atoms with E-state index in [9.17, 15) is 0 Å². The Morgan fingerprint density at radius 3 is 2.95 bits per heavy atom. The summed E-state index contributed by atoms with van der Waals surface area (Å²) in [6, 6.07) is 11.5. The molecule has 0 aliphatic carbocycles. The summed E-state index contributed by atoms with van der Waals surface area (Å²) in [5, 5.41) is 7.50.